The lowest BCUT2D eigenvalue weighted by molar-refractivity contribution is -0.136. The monoisotopic (exact) mass is 373 g/mol. The first-order chi connectivity index (χ1) is 11.5. The Kier molecular flexibility index (Phi) is 9.76. The number of anilines is 1. The van der Waals surface area contributed by atoms with Gasteiger partial charge in [-0.15, -0.1) is 0 Å². The third kappa shape index (κ3) is 7.51. The summed E-state index contributed by atoms with van der Waals surface area (Å²) in [5.74, 6) is -1.37. The van der Waals surface area contributed by atoms with Crippen molar-refractivity contribution in [1.82, 2.24) is 10.2 Å². The van der Waals surface area contributed by atoms with Crippen LogP contribution in [0.25, 0.3) is 0 Å². The molecule has 7 heteroatoms. The van der Waals surface area contributed by atoms with E-state index in [0.29, 0.717) is 22.3 Å². The van der Waals surface area contributed by atoms with Gasteiger partial charge >= 0.3 is 11.8 Å². The molecule has 134 valence electrons. The number of rotatable bonds is 9. The highest BCUT2D eigenvalue weighted by Gasteiger charge is 2.13. The maximum atomic E-state index is 11.8. The summed E-state index contributed by atoms with van der Waals surface area (Å²) >= 11 is 11.7. The smallest absolute Gasteiger partial charge is 0.313 e. The Morgan fingerprint density at radius 1 is 1.00 bits per heavy atom. The zero-order valence-corrected chi connectivity index (χ0v) is 15.7. The fourth-order valence-electron chi connectivity index (χ4n) is 2.31. The number of amides is 2. The Bertz CT molecular complexity index is 547. The van der Waals surface area contributed by atoms with Crippen molar-refractivity contribution in [3.05, 3.63) is 28.2 Å². The highest BCUT2D eigenvalue weighted by molar-refractivity contribution is 6.42. The third-order valence-electron chi connectivity index (χ3n) is 3.40. The molecule has 0 spiro atoms. The average Bonchev–Trinajstić information content (AvgIpc) is 2.55. The molecule has 0 bridgehead atoms. The van der Waals surface area contributed by atoms with Crippen LogP contribution in [0, 0.1) is 0 Å². The van der Waals surface area contributed by atoms with Crippen molar-refractivity contribution in [3.63, 3.8) is 0 Å². The fourth-order valence-corrected chi connectivity index (χ4v) is 2.61. The molecule has 0 aliphatic heterocycles. The number of hydrogen-bond donors (Lipinski definition) is 2. The van der Waals surface area contributed by atoms with Crippen LogP contribution in [0.4, 0.5) is 5.69 Å². The van der Waals surface area contributed by atoms with E-state index in [0.717, 1.165) is 38.9 Å². The topological polar surface area (TPSA) is 61.4 Å². The van der Waals surface area contributed by atoms with E-state index < -0.39 is 11.8 Å². The minimum Gasteiger partial charge on any atom is -0.348 e. The van der Waals surface area contributed by atoms with Crippen molar-refractivity contribution in [2.24, 2.45) is 0 Å². The largest absolute Gasteiger partial charge is 0.348 e. The molecule has 0 saturated heterocycles. The molecule has 0 aliphatic carbocycles. The van der Waals surface area contributed by atoms with Crippen LogP contribution in [0.1, 0.15) is 33.1 Å². The van der Waals surface area contributed by atoms with Gasteiger partial charge in [0, 0.05) is 12.2 Å². The molecule has 2 N–H and O–H groups in total. The molecule has 0 aromatic heterocycles. The molecule has 1 aromatic rings. The summed E-state index contributed by atoms with van der Waals surface area (Å²) in [5, 5.41) is 5.84. The minimum absolute atomic E-state index is 0.321. The van der Waals surface area contributed by atoms with Gasteiger partial charge in [0.25, 0.3) is 0 Å². The Labute approximate surface area is 153 Å². The summed E-state index contributed by atoms with van der Waals surface area (Å²) in [6.45, 7) is 7.79. The van der Waals surface area contributed by atoms with Gasteiger partial charge in [-0.25, -0.2) is 0 Å². The number of nitrogens with zero attached hydrogens (tertiary/aromatic N) is 1. The maximum absolute atomic E-state index is 11.8. The Hall–Kier alpha value is -1.30. The molecule has 24 heavy (non-hydrogen) atoms. The van der Waals surface area contributed by atoms with E-state index in [-0.39, 0.29) is 0 Å². The molecule has 0 fully saturated rings. The SMILES string of the molecule is CCCN(CCC)CCCNC(=O)C(=O)Nc1ccc(Cl)c(Cl)c1. The summed E-state index contributed by atoms with van der Waals surface area (Å²) in [6.07, 6.45) is 3.03. The van der Waals surface area contributed by atoms with Gasteiger partial charge in [-0.3, -0.25) is 9.59 Å². The summed E-state index contributed by atoms with van der Waals surface area (Å²) in [7, 11) is 0. The van der Waals surface area contributed by atoms with Crippen molar-refractivity contribution >= 4 is 40.7 Å². The van der Waals surface area contributed by atoms with Crippen LogP contribution in [0.2, 0.25) is 10.0 Å². The summed E-state index contributed by atoms with van der Waals surface area (Å²) in [4.78, 5) is 26.0. The van der Waals surface area contributed by atoms with Gasteiger partial charge in [0.05, 0.1) is 10.0 Å². The van der Waals surface area contributed by atoms with Crippen LogP contribution in [0.15, 0.2) is 18.2 Å². The quantitative estimate of drug-likeness (QED) is 0.513. The number of hydrogen-bond acceptors (Lipinski definition) is 3. The van der Waals surface area contributed by atoms with Crippen LogP contribution in [0.3, 0.4) is 0 Å². The van der Waals surface area contributed by atoms with Gasteiger partial charge in [-0.1, -0.05) is 37.0 Å². The lowest BCUT2D eigenvalue weighted by Gasteiger charge is -2.20. The maximum Gasteiger partial charge on any atom is 0.313 e. The van der Waals surface area contributed by atoms with Crippen molar-refractivity contribution < 1.29 is 9.59 Å². The van der Waals surface area contributed by atoms with Gasteiger partial charge in [0.2, 0.25) is 0 Å². The highest BCUT2D eigenvalue weighted by Crippen LogP contribution is 2.24. The molecule has 0 radical (unpaired) electrons. The Balaban J connectivity index is 2.33. The van der Waals surface area contributed by atoms with Gasteiger partial charge < -0.3 is 15.5 Å². The standard InChI is InChI=1S/C17H25Cl2N3O2/c1-3-9-22(10-4-2)11-5-8-20-16(23)17(24)21-13-6-7-14(18)15(19)12-13/h6-7,12H,3-5,8-11H2,1-2H3,(H,20,23)(H,21,24). The zero-order chi connectivity index (χ0) is 17.9. The zero-order valence-electron chi connectivity index (χ0n) is 14.2. The third-order valence-corrected chi connectivity index (χ3v) is 4.14. The first-order valence-electron chi connectivity index (χ1n) is 8.24. The normalized spacial score (nSPS) is 10.7. The van der Waals surface area contributed by atoms with Gasteiger partial charge in [0.1, 0.15) is 0 Å². The molecular weight excluding hydrogens is 349 g/mol. The lowest BCUT2D eigenvalue weighted by atomic mass is 10.3. The minimum atomic E-state index is -0.715. The summed E-state index contributed by atoms with van der Waals surface area (Å²) in [5.41, 5.74) is 0.432. The fraction of sp³-hybridized carbons (Fsp3) is 0.529. The summed E-state index contributed by atoms with van der Waals surface area (Å²) < 4.78 is 0. The second-order valence-electron chi connectivity index (χ2n) is 5.53. The van der Waals surface area contributed by atoms with Crippen molar-refractivity contribution in [3.8, 4) is 0 Å². The van der Waals surface area contributed by atoms with Gasteiger partial charge in [-0.2, -0.15) is 0 Å². The molecule has 0 saturated carbocycles. The van der Waals surface area contributed by atoms with Crippen LogP contribution < -0.4 is 10.6 Å². The number of halogens is 2. The molecule has 0 atom stereocenters. The first kappa shape index (κ1) is 20.7. The van der Waals surface area contributed by atoms with Crippen LogP contribution in [-0.4, -0.2) is 42.9 Å². The van der Waals surface area contributed by atoms with E-state index in [1.807, 2.05) is 0 Å². The van der Waals surface area contributed by atoms with Crippen molar-refractivity contribution in [1.29, 1.82) is 0 Å². The Morgan fingerprint density at radius 3 is 2.25 bits per heavy atom. The van der Waals surface area contributed by atoms with Crippen LogP contribution in [0.5, 0.6) is 0 Å². The molecule has 2 amide bonds. The molecule has 0 heterocycles. The van der Waals surface area contributed by atoms with Gasteiger partial charge in [-0.05, 0) is 57.1 Å². The van der Waals surface area contributed by atoms with Gasteiger partial charge in [0.15, 0.2) is 0 Å². The Morgan fingerprint density at radius 2 is 1.67 bits per heavy atom. The predicted molar refractivity (Wildman–Crippen MR) is 99.7 cm³/mol. The second kappa shape index (κ2) is 11.3. The van der Waals surface area contributed by atoms with E-state index >= 15 is 0 Å². The van der Waals surface area contributed by atoms with Crippen LogP contribution >= 0.6 is 23.2 Å². The van der Waals surface area contributed by atoms with E-state index in [1.54, 1.807) is 12.1 Å². The first-order valence-corrected chi connectivity index (χ1v) is 9.00. The molecule has 5 nitrogen and oxygen atoms in total. The predicted octanol–water partition coefficient (Wildman–Crippen LogP) is 3.56. The van der Waals surface area contributed by atoms with E-state index in [1.165, 1.54) is 6.07 Å². The van der Waals surface area contributed by atoms with Crippen molar-refractivity contribution in [2.75, 3.05) is 31.5 Å². The van der Waals surface area contributed by atoms with E-state index in [4.69, 9.17) is 23.2 Å². The molecule has 0 unspecified atom stereocenters. The molecule has 1 aromatic carbocycles. The molecule has 0 aliphatic rings. The van der Waals surface area contributed by atoms with Crippen molar-refractivity contribution in [2.45, 2.75) is 33.1 Å². The molecular formula is C17H25Cl2N3O2. The van der Waals surface area contributed by atoms with E-state index in [2.05, 4.69) is 29.4 Å². The van der Waals surface area contributed by atoms with Crippen LogP contribution in [-0.2, 0) is 9.59 Å². The number of carbonyl (C=O) groups excluding carboxylic acids is 2. The lowest BCUT2D eigenvalue weighted by Crippen LogP contribution is -2.37. The molecule has 1 rings (SSSR count). The number of nitrogens with one attached hydrogen (secondary N) is 2. The average molecular weight is 374 g/mol. The number of carbonyl (C=O) groups is 2. The van der Waals surface area contributed by atoms with E-state index in [9.17, 15) is 9.59 Å². The number of benzene rings is 1. The summed E-state index contributed by atoms with van der Waals surface area (Å²) in [6, 6.07) is 4.66. The second-order valence-corrected chi connectivity index (χ2v) is 6.35. The highest BCUT2D eigenvalue weighted by atomic mass is 35.5.